The molecule has 3 N–H and O–H groups in total. The van der Waals surface area contributed by atoms with E-state index >= 15 is 0 Å². The smallest absolute Gasteiger partial charge is 0.292 e. The average Bonchev–Trinajstić information content (AvgIpc) is 3.07. The molecular weight excluding hydrogens is 298 g/mol. The summed E-state index contributed by atoms with van der Waals surface area (Å²) in [6.45, 7) is 1.50. The van der Waals surface area contributed by atoms with Gasteiger partial charge in [-0.1, -0.05) is 5.16 Å². The molecule has 10 heteroatoms. The maximum atomic E-state index is 11.8. The van der Waals surface area contributed by atoms with Gasteiger partial charge in [-0.2, -0.15) is 4.98 Å². The fourth-order valence-corrected chi connectivity index (χ4v) is 2.51. The number of rotatable bonds is 7. The third-order valence-corrected chi connectivity index (χ3v) is 3.74. The summed E-state index contributed by atoms with van der Waals surface area (Å²) in [6.07, 6.45) is 3.53. The Morgan fingerprint density at radius 1 is 1.48 bits per heavy atom. The van der Waals surface area contributed by atoms with E-state index in [-0.39, 0.29) is 18.4 Å². The second-order valence-corrected chi connectivity index (χ2v) is 6.71. The van der Waals surface area contributed by atoms with Crippen molar-refractivity contribution in [2.75, 3.05) is 25.9 Å². The Bertz CT molecular complexity index is 579. The van der Waals surface area contributed by atoms with Crippen molar-refractivity contribution in [1.82, 2.24) is 25.5 Å². The van der Waals surface area contributed by atoms with Crippen LogP contribution in [-0.4, -0.2) is 50.4 Å². The van der Waals surface area contributed by atoms with Crippen LogP contribution >= 0.6 is 0 Å². The summed E-state index contributed by atoms with van der Waals surface area (Å²) >= 11 is 0. The Kier molecular flexibility index (Phi) is 5.26. The first-order valence-corrected chi connectivity index (χ1v) is 8.65. The van der Waals surface area contributed by atoms with E-state index in [9.17, 15) is 13.2 Å². The van der Waals surface area contributed by atoms with Gasteiger partial charge in [-0.25, -0.2) is 13.1 Å². The molecule has 1 aliphatic heterocycles. The minimum Gasteiger partial charge on any atom is -0.349 e. The number of amides is 1. The zero-order chi connectivity index (χ0) is 15.3. The first-order chi connectivity index (χ1) is 9.96. The topological polar surface area (TPSA) is 126 Å². The van der Waals surface area contributed by atoms with Crippen LogP contribution in [0.4, 0.5) is 0 Å². The van der Waals surface area contributed by atoms with Gasteiger partial charge in [0.05, 0.1) is 12.3 Å². The third kappa shape index (κ3) is 5.06. The molecule has 1 amide bonds. The van der Waals surface area contributed by atoms with Gasteiger partial charge in [-0.3, -0.25) is 4.79 Å². The molecule has 0 aromatic carbocycles. The van der Waals surface area contributed by atoms with E-state index in [1.54, 1.807) is 0 Å². The van der Waals surface area contributed by atoms with Crippen LogP contribution < -0.4 is 15.4 Å². The molecule has 1 saturated heterocycles. The summed E-state index contributed by atoms with van der Waals surface area (Å²) in [6, 6.07) is 0.0259. The summed E-state index contributed by atoms with van der Waals surface area (Å²) < 4.78 is 29.1. The molecule has 0 aliphatic carbocycles. The maximum absolute atomic E-state index is 11.8. The Morgan fingerprint density at radius 2 is 2.29 bits per heavy atom. The Morgan fingerprint density at radius 3 is 2.95 bits per heavy atom. The van der Waals surface area contributed by atoms with Crippen LogP contribution in [0.2, 0.25) is 0 Å². The van der Waals surface area contributed by atoms with Gasteiger partial charge in [0.25, 0.3) is 11.7 Å². The molecule has 118 valence electrons. The number of nitrogens with zero attached hydrogens (tertiary/aromatic N) is 2. The van der Waals surface area contributed by atoms with Gasteiger partial charge in [0.2, 0.25) is 15.9 Å². The van der Waals surface area contributed by atoms with Gasteiger partial charge in [0, 0.05) is 13.1 Å². The second-order valence-electron chi connectivity index (χ2n) is 4.88. The van der Waals surface area contributed by atoms with Gasteiger partial charge in [-0.05, 0) is 25.8 Å². The van der Waals surface area contributed by atoms with Crippen LogP contribution in [0.25, 0.3) is 0 Å². The maximum Gasteiger partial charge on any atom is 0.292 e. The monoisotopic (exact) mass is 317 g/mol. The highest BCUT2D eigenvalue weighted by Gasteiger charge is 2.24. The van der Waals surface area contributed by atoms with Crippen molar-refractivity contribution in [2.24, 2.45) is 0 Å². The van der Waals surface area contributed by atoms with Crippen molar-refractivity contribution in [1.29, 1.82) is 0 Å². The van der Waals surface area contributed by atoms with Gasteiger partial charge in [-0.15, -0.1) is 0 Å². The van der Waals surface area contributed by atoms with Gasteiger partial charge in [0.1, 0.15) is 0 Å². The summed E-state index contributed by atoms with van der Waals surface area (Å²) in [5.74, 6) is -0.00600. The molecule has 2 heterocycles. The molecule has 2 rings (SSSR count). The van der Waals surface area contributed by atoms with E-state index < -0.39 is 15.9 Å². The lowest BCUT2D eigenvalue weighted by atomic mass is 10.2. The number of carbonyl (C=O) groups is 1. The van der Waals surface area contributed by atoms with Crippen LogP contribution in [0, 0.1) is 0 Å². The zero-order valence-corrected chi connectivity index (χ0v) is 12.6. The first kappa shape index (κ1) is 15.9. The summed E-state index contributed by atoms with van der Waals surface area (Å²) in [7, 11) is -3.19. The van der Waals surface area contributed by atoms with Crippen LogP contribution in [0.5, 0.6) is 0 Å². The highest BCUT2D eigenvalue weighted by Crippen LogP contribution is 2.20. The molecule has 1 aromatic rings. The van der Waals surface area contributed by atoms with Crippen LogP contribution in [0.1, 0.15) is 41.8 Å². The molecule has 1 atom stereocenters. The highest BCUT2D eigenvalue weighted by atomic mass is 32.2. The average molecular weight is 317 g/mol. The minimum absolute atomic E-state index is 0.00484. The SMILES string of the molecule is CS(=O)(=O)NCCCNC(=O)c1noc(C2CCCN2)n1. The Hall–Kier alpha value is -1.52. The quantitative estimate of drug-likeness (QED) is 0.560. The normalized spacial score (nSPS) is 18.8. The minimum atomic E-state index is -3.19. The van der Waals surface area contributed by atoms with E-state index in [0.717, 1.165) is 25.6 Å². The lowest BCUT2D eigenvalue weighted by molar-refractivity contribution is 0.0940. The largest absolute Gasteiger partial charge is 0.349 e. The number of hydrogen-bond acceptors (Lipinski definition) is 7. The second kappa shape index (κ2) is 6.96. The molecule has 0 radical (unpaired) electrons. The Labute approximate surface area is 122 Å². The molecule has 0 spiro atoms. The van der Waals surface area contributed by atoms with E-state index in [0.29, 0.717) is 18.9 Å². The standard InChI is InChI=1S/C11H19N5O4S/c1-21(18,19)14-7-3-6-13-10(17)9-15-11(20-16-9)8-4-2-5-12-8/h8,12,14H,2-7H2,1H3,(H,13,17). The van der Waals surface area contributed by atoms with Crippen molar-refractivity contribution in [3.63, 3.8) is 0 Å². The highest BCUT2D eigenvalue weighted by molar-refractivity contribution is 7.88. The molecule has 21 heavy (non-hydrogen) atoms. The van der Waals surface area contributed by atoms with Crippen LogP contribution in [0.15, 0.2) is 4.52 Å². The first-order valence-electron chi connectivity index (χ1n) is 6.75. The molecule has 1 aliphatic rings. The third-order valence-electron chi connectivity index (χ3n) is 3.01. The molecule has 1 fully saturated rings. The van der Waals surface area contributed by atoms with Crippen molar-refractivity contribution in [3.8, 4) is 0 Å². The zero-order valence-electron chi connectivity index (χ0n) is 11.8. The van der Waals surface area contributed by atoms with Crippen molar-refractivity contribution < 1.29 is 17.7 Å². The fraction of sp³-hybridized carbons (Fsp3) is 0.727. The van der Waals surface area contributed by atoms with Crippen molar-refractivity contribution in [3.05, 3.63) is 11.7 Å². The molecule has 0 bridgehead atoms. The van der Waals surface area contributed by atoms with Crippen molar-refractivity contribution in [2.45, 2.75) is 25.3 Å². The number of sulfonamides is 1. The van der Waals surface area contributed by atoms with Crippen LogP contribution in [0.3, 0.4) is 0 Å². The van der Waals surface area contributed by atoms with E-state index in [1.807, 2.05) is 0 Å². The van der Waals surface area contributed by atoms with Crippen LogP contribution in [-0.2, 0) is 10.0 Å². The number of carbonyl (C=O) groups excluding carboxylic acids is 1. The van der Waals surface area contributed by atoms with E-state index in [1.165, 1.54) is 0 Å². The summed E-state index contributed by atoms with van der Waals surface area (Å²) in [4.78, 5) is 15.8. The molecule has 1 unspecified atom stereocenters. The number of nitrogens with one attached hydrogen (secondary N) is 3. The number of aromatic nitrogens is 2. The lowest BCUT2D eigenvalue weighted by Gasteiger charge is -2.03. The van der Waals surface area contributed by atoms with Gasteiger partial charge in [0.15, 0.2) is 0 Å². The predicted molar refractivity (Wildman–Crippen MR) is 74.1 cm³/mol. The van der Waals surface area contributed by atoms with Gasteiger partial charge >= 0.3 is 0 Å². The fourth-order valence-electron chi connectivity index (χ4n) is 1.99. The molecular formula is C11H19N5O4S. The summed E-state index contributed by atoms with van der Waals surface area (Å²) in [5, 5.41) is 9.47. The van der Waals surface area contributed by atoms with Crippen molar-refractivity contribution >= 4 is 15.9 Å². The summed E-state index contributed by atoms with van der Waals surface area (Å²) in [5.41, 5.74) is 0. The number of hydrogen-bond donors (Lipinski definition) is 3. The lowest BCUT2D eigenvalue weighted by Crippen LogP contribution is -2.29. The van der Waals surface area contributed by atoms with E-state index in [4.69, 9.17) is 4.52 Å². The Balaban J connectivity index is 1.73. The predicted octanol–water partition coefficient (Wildman–Crippen LogP) is -0.837. The molecule has 0 saturated carbocycles. The molecule has 9 nitrogen and oxygen atoms in total. The van der Waals surface area contributed by atoms with Gasteiger partial charge < -0.3 is 15.2 Å². The van der Waals surface area contributed by atoms with E-state index in [2.05, 4.69) is 25.5 Å². The molecule has 1 aromatic heterocycles.